The van der Waals surface area contributed by atoms with Crippen LogP contribution in [-0.4, -0.2) is 16.3 Å². The topological polar surface area (TPSA) is 53.1 Å². The van der Waals surface area contributed by atoms with E-state index in [1.807, 2.05) is 0 Å². The highest BCUT2D eigenvalue weighted by atomic mass is 35.5. The zero-order chi connectivity index (χ0) is 13.1. The van der Waals surface area contributed by atoms with E-state index in [1.54, 1.807) is 30.2 Å². The molecule has 1 atom stereocenters. The molecule has 2 N–H and O–H groups in total. The molecule has 0 aliphatic rings. The molecule has 2 rings (SSSR count). The molecule has 0 radical (unpaired) electrons. The van der Waals surface area contributed by atoms with Gasteiger partial charge in [0.2, 0.25) is 0 Å². The molecule has 1 aromatic carbocycles. The van der Waals surface area contributed by atoms with Gasteiger partial charge in [0.25, 0.3) is 0 Å². The first-order valence-corrected chi connectivity index (χ1v) is 5.79. The standard InChI is InChI=1S/C12H13ClFN3O/c1-17-7-8(6-16-17)11(5-15)18-10-4-2-3-9(13)12(10)14/h2-4,6-7,11H,5,15H2,1H3. The molecule has 2 aromatic rings. The lowest BCUT2D eigenvalue weighted by atomic mass is 10.2. The number of nitrogens with two attached hydrogens (primary N) is 1. The van der Waals surface area contributed by atoms with Crippen molar-refractivity contribution in [2.45, 2.75) is 6.10 Å². The lowest BCUT2D eigenvalue weighted by Gasteiger charge is -2.16. The molecular weight excluding hydrogens is 257 g/mol. The van der Waals surface area contributed by atoms with Crippen molar-refractivity contribution in [2.75, 3.05) is 6.54 Å². The third-order valence-electron chi connectivity index (χ3n) is 2.50. The number of ether oxygens (including phenoxy) is 1. The minimum Gasteiger partial charge on any atom is -0.481 e. The number of halogens is 2. The fourth-order valence-electron chi connectivity index (χ4n) is 1.59. The van der Waals surface area contributed by atoms with Gasteiger partial charge in [-0.05, 0) is 12.1 Å². The summed E-state index contributed by atoms with van der Waals surface area (Å²) in [5, 5.41) is 4.05. The van der Waals surface area contributed by atoms with Crippen molar-refractivity contribution < 1.29 is 9.13 Å². The van der Waals surface area contributed by atoms with E-state index in [0.717, 1.165) is 5.56 Å². The maximum Gasteiger partial charge on any atom is 0.183 e. The van der Waals surface area contributed by atoms with Crippen molar-refractivity contribution in [3.05, 3.63) is 47.0 Å². The maximum atomic E-state index is 13.7. The van der Waals surface area contributed by atoms with Crippen LogP contribution in [0.4, 0.5) is 4.39 Å². The summed E-state index contributed by atoms with van der Waals surface area (Å²) >= 11 is 5.69. The van der Waals surface area contributed by atoms with E-state index in [1.165, 1.54) is 12.1 Å². The minimum atomic E-state index is -0.582. The molecule has 0 aliphatic carbocycles. The second-order valence-electron chi connectivity index (χ2n) is 3.84. The van der Waals surface area contributed by atoms with Gasteiger partial charge in [0.1, 0.15) is 6.10 Å². The van der Waals surface area contributed by atoms with E-state index in [0.29, 0.717) is 0 Å². The first-order valence-electron chi connectivity index (χ1n) is 5.41. The SMILES string of the molecule is Cn1cc(C(CN)Oc2cccc(Cl)c2F)cn1. The average molecular weight is 270 g/mol. The van der Waals surface area contributed by atoms with Crippen molar-refractivity contribution in [3.8, 4) is 5.75 Å². The highest BCUT2D eigenvalue weighted by molar-refractivity contribution is 6.30. The first-order chi connectivity index (χ1) is 8.61. The molecule has 0 fully saturated rings. The molecule has 4 nitrogen and oxygen atoms in total. The Morgan fingerprint density at radius 2 is 2.33 bits per heavy atom. The molecule has 0 saturated heterocycles. The van der Waals surface area contributed by atoms with Crippen LogP contribution in [0.1, 0.15) is 11.7 Å². The Morgan fingerprint density at radius 3 is 2.94 bits per heavy atom. The third-order valence-corrected chi connectivity index (χ3v) is 2.79. The van der Waals surface area contributed by atoms with E-state index in [-0.39, 0.29) is 17.3 Å². The molecule has 0 spiro atoms. The number of aryl methyl sites for hydroxylation is 1. The fourth-order valence-corrected chi connectivity index (χ4v) is 1.75. The zero-order valence-electron chi connectivity index (χ0n) is 9.81. The largest absolute Gasteiger partial charge is 0.481 e. The highest BCUT2D eigenvalue weighted by Gasteiger charge is 2.16. The van der Waals surface area contributed by atoms with Crippen molar-refractivity contribution in [2.24, 2.45) is 12.8 Å². The van der Waals surface area contributed by atoms with Crippen LogP contribution in [0, 0.1) is 5.82 Å². The number of rotatable bonds is 4. The molecule has 0 amide bonds. The van der Waals surface area contributed by atoms with Crippen LogP contribution >= 0.6 is 11.6 Å². The summed E-state index contributed by atoms with van der Waals surface area (Å²) in [7, 11) is 1.79. The van der Waals surface area contributed by atoms with Gasteiger partial charge in [-0.15, -0.1) is 0 Å². The van der Waals surface area contributed by atoms with Gasteiger partial charge in [0, 0.05) is 25.4 Å². The number of benzene rings is 1. The summed E-state index contributed by atoms with van der Waals surface area (Å²) < 4.78 is 20.9. The van der Waals surface area contributed by atoms with Crippen molar-refractivity contribution in [3.63, 3.8) is 0 Å². The van der Waals surface area contributed by atoms with Crippen molar-refractivity contribution >= 4 is 11.6 Å². The number of hydrogen-bond donors (Lipinski definition) is 1. The van der Waals surface area contributed by atoms with Crippen LogP contribution in [0.2, 0.25) is 5.02 Å². The van der Waals surface area contributed by atoms with Crippen LogP contribution in [-0.2, 0) is 7.05 Å². The minimum absolute atomic E-state index is 0.0226. The highest BCUT2D eigenvalue weighted by Crippen LogP contribution is 2.28. The van der Waals surface area contributed by atoms with Gasteiger partial charge >= 0.3 is 0 Å². The summed E-state index contributed by atoms with van der Waals surface area (Å²) in [6.07, 6.45) is 2.96. The smallest absolute Gasteiger partial charge is 0.183 e. The monoisotopic (exact) mass is 269 g/mol. The summed E-state index contributed by atoms with van der Waals surface area (Å²) in [4.78, 5) is 0. The quantitative estimate of drug-likeness (QED) is 0.927. The summed E-state index contributed by atoms with van der Waals surface area (Å²) in [6, 6.07) is 4.60. The number of hydrogen-bond acceptors (Lipinski definition) is 3. The average Bonchev–Trinajstić information content (AvgIpc) is 2.78. The molecule has 0 bridgehead atoms. The Morgan fingerprint density at radius 1 is 1.56 bits per heavy atom. The predicted molar refractivity (Wildman–Crippen MR) is 67.0 cm³/mol. The molecule has 1 unspecified atom stereocenters. The van der Waals surface area contributed by atoms with Gasteiger partial charge in [0.05, 0.1) is 11.2 Å². The van der Waals surface area contributed by atoms with Crippen LogP contribution < -0.4 is 10.5 Å². The summed E-state index contributed by atoms with van der Waals surface area (Å²) in [6.45, 7) is 0.220. The van der Waals surface area contributed by atoms with E-state index in [2.05, 4.69) is 5.10 Å². The molecular formula is C12H13ClFN3O. The Balaban J connectivity index is 2.23. The zero-order valence-corrected chi connectivity index (χ0v) is 10.6. The molecule has 1 heterocycles. The first kappa shape index (κ1) is 12.9. The molecule has 0 aliphatic heterocycles. The fraction of sp³-hybridized carbons (Fsp3) is 0.250. The lowest BCUT2D eigenvalue weighted by molar-refractivity contribution is 0.204. The van der Waals surface area contributed by atoms with Crippen molar-refractivity contribution in [1.29, 1.82) is 0 Å². The van der Waals surface area contributed by atoms with Gasteiger partial charge in [-0.2, -0.15) is 5.10 Å². The number of nitrogens with zero attached hydrogens (tertiary/aromatic N) is 2. The normalized spacial score (nSPS) is 12.4. The van der Waals surface area contributed by atoms with E-state index in [4.69, 9.17) is 22.1 Å². The van der Waals surface area contributed by atoms with Crippen LogP contribution in [0.5, 0.6) is 5.75 Å². The molecule has 0 saturated carbocycles. The molecule has 6 heteroatoms. The Labute approximate surface area is 109 Å². The molecule has 96 valence electrons. The van der Waals surface area contributed by atoms with E-state index in [9.17, 15) is 4.39 Å². The van der Waals surface area contributed by atoms with Gasteiger partial charge in [-0.3, -0.25) is 4.68 Å². The third kappa shape index (κ3) is 2.63. The summed E-state index contributed by atoms with van der Waals surface area (Å²) in [5.74, 6) is -0.497. The van der Waals surface area contributed by atoms with Gasteiger partial charge in [-0.1, -0.05) is 17.7 Å². The van der Waals surface area contributed by atoms with E-state index >= 15 is 0 Å². The van der Waals surface area contributed by atoms with Crippen molar-refractivity contribution in [1.82, 2.24) is 9.78 Å². The Kier molecular flexibility index (Phi) is 3.84. The lowest BCUT2D eigenvalue weighted by Crippen LogP contribution is -2.18. The predicted octanol–water partition coefficient (Wildman–Crippen LogP) is 2.29. The second-order valence-corrected chi connectivity index (χ2v) is 4.25. The second kappa shape index (κ2) is 5.37. The Bertz CT molecular complexity index is 544. The Hall–Kier alpha value is -1.59. The maximum absolute atomic E-state index is 13.7. The summed E-state index contributed by atoms with van der Waals surface area (Å²) in [5.41, 5.74) is 6.42. The molecule has 1 aromatic heterocycles. The van der Waals surface area contributed by atoms with Crippen LogP contribution in [0.25, 0.3) is 0 Å². The van der Waals surface area contributed by atoms with Crippen LogP contribution in [0.15, 0.2) is 30.6 Å². The number of aromatic nitrogens is 2. The van der Waals surface area contributed by atoms with Gasteiger partial charge in [-0.25, -0.2) is 4.39 Å². The molecule has 18 heavy (non-hydrogen) atoms. The van der Waals surface area contributed by atoms with Gasteiger partial charge < -0.3 is 10.5 Å². The van der Waals surface area contributed by atoms with Crippen LogP contribution in [0.3, 0.4) is 0 Å². The van der Waals surface area contributed by atoms with Gasteiger partial charge in [0.15, 0.2) is 11.6 Å². The van der Waals surface area contributed by atoms with E-state index < -0.39 is 11.9 Å².